The molecular formula is C10H19NO. The van der Waals surface area contributed by atoms with Crippen molar-refractivity contribution in [3.8, 4) is 0 Å². The van der Waals surface area contributed by atoms with Crippen molar-refractivity contribution in [2.24, 2.45) is 22.5 Å². The molecule has 0 bridgehead atoms. The van der Waals surface area contributed by atoms with Crippen LogP contribution in [0.25, 0.3) is 0 Å². The quantitative estimate of drug-likeness (QED) is 0.651. The van der Waals surface area contributed by atoms with Gasteiger partial charge < -0.3 is 10.8 Å². The average molecular weight is 169 g/mol. The summed E-state index contributed by atoms with van der Waals surface area (Å²) in [4.78, 5) is 0. The molecular weight excluding hydrogens is 150 g/mol. The number of aliphatic hydroxyl groups is 1. The summed E-state index contributed by atoms with van der Waals surface area (Å²) in [6, 6.07) is 0. The first-order valence-electron chi connectivity index (χ1n) is 5.02. The molecule has 1 spiro atoms. The molecule has 0 heterocycles. The van der Waals surface area contributed by atoms with Gasteiger partial charge in [-0.2, -0.15) is 0 Å². The number of hydrogen-bond donors (Lipinski definition) is 2. The van der Waals surface area contributed by atoms with Crippen molar-refractivity contribution in [2.45, 2.75) is 32.6 Å². The van der Waals surface area contributed by atoms with E-state index < -0.39 is 0 Å². The second-order valence-corrected chi connectivity index (χ2v) is 4.77. The van der Waals surface area contributed by atoms with Gasteiger partial charge in [-0.15, -0.1) is 0 Å². The fourth-order valence-corrected chi connectivity index (χ4v) is 3.41. The molecule has 3 N–H and O–H groups in total. The molecule has 3 unspecified atom stereocenters. The van der Waals surface area contributed by atoms with E-state index in [1.807, 2.05) is 0 Å². The standard InChI is InChI=1S/C10H19NO/c1-8-3-2-4-10(8)5-9(10,6-11)7-12/h8,12H,2-7,11H2,1H3. The van der Waals surface area contributed by atoms with Crippen LogP contribution < -0.4 is 5.73 Å². The molecule has 2 nitrogen and oxygen atoms in total. The third kappa shape index (κ3) is 0.775. The third-order valence-electron chi connectivity index (χ3n) is 4.48. The molecule has 0 aromatic carbocycles. The van der Waals surface area contributed by atoms with Crippen LogP contribution in [0.4, 0.5) is 0 Å². The lowest BCUT2D eigenvalue weighted by molar-refractivity contribution is 0.158. The fraction of sp³-hybridized carbons (Fsp3) is 1.00. The van der Waals surface area contributed by atoms with E-state index in [1.165, 1.54) is 25.7 Å². The normalized spacial score (nSPS) is 51.8. The van der Waals surface area contributed by atoms with Crippen molar-refractivity contribution >= 4 is 0 Å². The highest BCUT2D eigenvalue weighted by Crippen LogP contribution is 2.73. The van der Waals surface area contributed by atoms with Gasteiger partial charge in [-0.1, -0.05) is 19.8 Å². The second kappa shape index (κ2) is 2.46. The Morgan fingerprint density at radius 3 is 2.67 bits per heavy atom. The van der Waals surface area contributed by atoms with Crippen molar-refractivity contribution < 1.29 is 5.11 Å². The molecule has 0 aliphatic heterocycles. The maximum atomic E-state index is 9.32. The van der Waals surface area contributed by atoms with E-state index in [-0.39, 0.29) is 5.41 Å². The topological polar surface area (TPSA) is 46.2 Å². The van der Waals surface area contributed by atoms with E-state index in [1.54, 1.807) is 0 Å². The number of rotatable bonds is 2. The molecule has 70 valence electrons. The molecule has 0 saturated heterocycles. The zero-order valence-corrected chi connectivity index (χ0v) is 7.84. The number of nitrogens with two attached hydrogens (primary N) is 1. The smallest absolute Gasteiger partial charge is 0.0505 e. The minimum Gasteiger partial charge on any atom is -0.396 e. The van der Waals surface area contributed by atoms with E-state index in [9.17, 15) is 5.11 Å². The van der Waals surface area contributed by atoms with Crippen LogP contribution in [0.3, 0.4) is 0 Å². The molecule has 2 aliphatic rings. The fourth-order valence-electron chi connectivity index (χ4n) is 3.41. The monoisotopic (exact) mass is 169 g/mol. The maximum Gasteiger partial charge on any atom is 0.0505 e. The van der Waals surface area contributed by atoms with Crippen LogP contribution in [0.1, 0.15) is 32.6 Å². The lowest BCUT2D eigenvalue weighted by atomic mass is 9.85. The summed E-state index contributed by atoms with van der Waals surface area (Å²) in [7, 11) is 0. The Labute approximate surface area is 74.1 Å². The van der Waals surface area contributed by atoms with Crippen molar-refractivity contribution in [1.29, 1.82) is 0 Å². The molecule has 2 rings (SSSR count). The van der Waals surface area contributed by atoms with Gasteiger partial charge in [0.1, 0.15) is 0 Å². The molecule has 12 heavy (non-hydrogen) atoms. The van der Waals surface area contributed by atoms with E-state index in [4.69, 9.17) is 5.73 Å². The van der Waals surface area contributed by atoms with E-state index >= 15 is 0 Å². The Bertz CT molecular complexity index is 188. The second-order valence-electron chi connectivity index (χ2n) is 4.77. The van der Waals surface area contributed by atoms with Crippen LogP contribution in [0.15, 0.2) is 0 Å². The summed E-state index contributed by atoms with van der Waals surface area (Å²) >= 11 is 0. The molecule has 3 atom stereocenters. The minimum atomic E-state index is 0.114. The third-order valence-corrected chi connectivity index (χ3v) is 4.48. The van der Waals surface area contributed by atoms with Gasteiger partial charge in [-0.3, -0.25) is 0 Å². The van der Waals surface area contributed by atoms with Crippen LogP contribution in [-0.2, 0) is 0 Å². The summed E-state index contributed by atoms with van der Waals surface area (Å²) in [6.07, 6.45) is 5.14. The highest BCUT2D eigenvalue weighted by molar-refractivity contribution is 5.18. The molecule has 0 aromatic rings. The van der Waals surface area contributed by atoms with Gasteiger partial charge in [0.05, 0.1) is 6.61 Å². The number of aliphatic hydroxyl groups excluding tert-OH is 1. The van der Waals surface area contributed by atoms with E-state index in [2.05, 4.69) is 6.92 Å². The lowest BCUT2D eigenvalue weighted by Crippen LogP contribution is -2.28. The van der Waals surface area contributed by atoms with Gasteiger partial charge in [0.2, 0.25) is 0 Å². The van der Waals surface area contributed by atoms with Crippen molar-refractivity contribution in [1.82, 2.24) is 0 Å². The molecule has 2 heteroatoms. The Balaban J connectivity index is 2.16. The molecule has 0 amide bonds. The average Bonchev–Trinajstić information content (AvgIpc) is 2.61. The number of hydrogen-bond acceptors (Lipinski definition) is 2. The SMILES string of the molecule is CC1CCCC12CC2(CN)CO. The largest absolute Gasteiger partial charge is 0.396 e. The van der Waals surface area contributed by atoms with Crippen molar-refractivity contribution in [3.63, 3.8) is 0 Å². The van der Waals surface area contributed by atoms with Gasteiger partial charge >= 0.3 is 0 Å². The first-order chi connectivity index (χ1) is 5.71. The lowest BCUT2D eigenvalue weighted by Gasteiger charge is -2.22. The van der Waals surface area contributed by atoms with Crippen LogP contribution in [0.5, 0.6) is 0 Å². The van der Waals surface area contributed by atoms with Crippen LogP contribution in [0, 0.1) is 16.7 Å². The molecule has 2 aliphatic carbocycles. The Hall–Kier alpha value is -0.0800. The summed E-state index contributed by atoms with van der Waals surface area (Å²) in [6.45, 7) is 3.29. The van der Waals surface area contributed by atoms with Gasteiger partial charge in [0.15, 0.2) is 0 Å². The van der Waals surface area contributed by atoms with Crippen LogP contribution in [-0.4, -0.2) is 18.3 Å². The minimum absolute atomic E-state index is 0.114. The Morgan fingerprint density at radius 1 is 1.58 bits per heavy atom. The Kier molecular flexibility index (Phi) is 1.74. The molecule has 0 radical (unpaired) electrons. The summed E-state index contributed by atoms with van der Waals surface area (Å²) in [5, 5.41) is 9.32. The highest BCUT2D eigenvalue weighted by Gasteiger charge is 2.68. The van der Waals surface area contributed by atoms with E-state index in [0.717, 1.165) is 5.92 Å². The van der Waals surface area contributed by atoms with Crippen LogP contribution in [0.2, 0.25) is 0 Å². The van der Waals surface area contributed by atoms with Crippen molar-refractivity contribution in [2.75, 3.05) is 13.2 Å². The summed E-state index contributed by atoms with van der Waals surface area (Å²) in [5.74, 6) is 0.785. The first-order valence-corrected chi connectivity index (χ1v) is 5.02. The van der Waals surface area contributed by atoms with Gasteiger partial charge in [-0.05, 0) is 24.2 Å². The summed E-state index contributed by atoms with van der Waals surface area (Å²) in [5.41, 5.74) is 6.29. The molecule has 0 aromatic heterocycles. The van der Waals surface area contributed by atoms with Gasteiger partial charge in [0.25, 0.3) is 0 Å². The first kappa shape index (κ1) is 8.52. The predicted octanol–water partition coefficient (Wildman–Crippen LogP) is 1.13. The molecule has 2 saturated carbocycles. The highest BCUT2D eigenvalue weighted by atomic mass is 16.3. The Morgan fingerprint density at radius 2 is 2.33 bits per heavy atom. The van der Waals surface area contributed by atoms with Gasteiger partial charge in [0, 0.05) is 12.0 Å². The predicted molar refractivity (Wildman–Crippen MR) is 48.6 cm³/mol. The van der Waals surface area contributed by atoms with Crippen molar-refractivity contribution in [3.05, 3.63) is 0 Å². The summed E-state index contributed by atoms with van der Waals surface area (Å²) < 4.78 is 0. The zero-order valence-electron chi connectivity index (χ0n) is 7.84. The maximum absolute atomic E-state index is 9.32. The zero-order chi connectivity index (χ0) is 8.82. The molecule has 2 fully saturated rings. The van der Waals surface area contributed by atoms with Gasteiger partial charge in [-0.25, -0.2) is 0 Å². The van der Waals surface area contributed by atoms with E-state index in [0.29, 0.717) is 18.6 Å². The van der Waals surface area contributed by atoms with Crippen LogP contribution >= 0.6 is 0 Å².